The second-order valence-electron chi connectivity index (χ2n) is 5.00. The van der Waals surface area contributed by atoms with Crippen molar-refractivity contribution in [3.8, 4) is 0 Å². The van der Waals surface area contributed by atoms with Crippen LogP contribution in [0.2, 0.25) is 0 Å². The molecule has 2 fully saturated rings. The number of cyclic esters (lactones) is 1. The Bertz CT molecular complexity index is 499. The standard InChI is InChI=1S/C14H16N2O3/c1-15-12(10-5-3-2-4-6-10)9-19-14(18)16(15)13(17)11-7-8-11/h2-6,11-12H,7-9H2,1H3. The molecular formula is C14H16N2O3. The first-order valence-corrected chi connectivity index (χ1v) is 6.47. The van der Waals surface area contributed by atoms with E-state index >= 15 is 0 Å². The first-order valence-electron chi connectivity index (χ1n) is 6.47. The molecule has 0 N–H and O–H groups in total. The minimum atomic E-state index is -0.563. The van der Waals surface area contributed by atoms with Crippen LogP contribution in [0.5, 0.6) is 0 Å². The van der Waals surface area contributed by atoms with E-state index in [0.29, 0.717) is 0 Å². The molecule has 1 aliphatic carbocycles. The summed E-state index contributed by atoms with van der Waals surface area (Å²) in [5.41, 5.74) is 1.03. The van der Waals surface area contributed by atoms with Crippen LogP contribution in [0.3, 0.4) is 0 Å². The number of hydrazine groups is 1. The maximum absolute atomic E-state index is 12.1. The molecule has 5 heteroatoms. The third-order valence-corrected chi connectivity index (χ3v) is 3.62. The minimum Gasteiger partial charge on any atom is -0.446 e. The van der Waals surface area contributed by atoms with E-state index in [0.717, 1.165) is 23.4 Å². The van der Waals surface area contributed by atoms with Crippen LogP contribution in [0, 0.1) is 5.92 Å². The highest BCUT2D eigenvalue weighted by Crippen LogP contribution is 2.34. The van der Waals surface area contributed by atoms with Crippen molar-refractivity contribution in [2.45, 2.75) is 18.9 Å². The van der Waals surface area contributed by atoms with Crippen LogP contribution in [-0.2, 0) is 9.53 Å². The summed E-state index contributed by atoms with van der Waals surface area (Å²) < 4.78 is 5.15. The largest absolute Gasteiger partial charge is 0.446 e. The number of hydrogen-bond acceptors (Lipinski definition) is 4. The lowest BCUT2D eigenvalue weighted by Gasteiger charge is -2.39. The summed E-state index contributed by atoms with van der Waals surface area (Å²) in [5, 5.41) is 2.85. The molecule has 19 heavy (non-hydrogen) atoms. The Morgan fingerprint density at radius 2 is 1.95 bits per heavy atom. The maximum Gasteiger partial charge on any atom is 0.431 e. The van der Waals surface area contributed by atoms with Gasteiger partial charge in [0, 0.05) is 13.0 Å². The monoisotopic (exact) mass is 260 g/mol. The first kappa shape index (κ1) is 12.2. The number of carbonyl (C=O) groups is 2. The van der Waals surface area contributed by atoms with E-state index in [1.54, 1.807) is 12.1 Å². The SMILES string of the molecule is CN1C(c2ccccc2)COC(=O)N1C(=O)C1CC1. The average Bonchev–Trinajstić information content (AvgIpc) is 3.24. The van der Waals surface area contributed by atoms with Crippen LogP contribution in [0.1, 0.15) is 24.4 Å². The Labute approximate surface area is 111 Å². The number of ether oxygens (including phenoxy) is 1. The zero-order valence-electron chi connectivity index (χ0n) is 10.8. The van der Waals surface area contributed by atoms with Gasteiger partial charge in [0.25, 0.3) is 0 Å². The molecule has 1 atom stereocenters. The van der Waals surface area contributed by atoms with Crippen LogP contribution in [0.25, 0.3) is 0 Å². The van der Waals surface area contributed by atoms with Gasteiger partial charge in [0.15, 0.2) is 0 Å². The summed E-state index contributed by atoms with van der Waals surface area (Å²) in [6, 6.07) is 9.65. The van der Waals surface area contributed by atoms with E-state index in [1.807, 2.05) is 30.3 Å². The van der Waals surface area contributed by atoms with E-state index in [-0.39, 0.29) is 24.5 Å². The smallest absolute Gasteiger partial charge is 0.431 e. The van der Waals surface area contributed by atoms with E-state index in [4.69, 9.17) is 4.74 Å². The van der Waals surface area contributed by atoms with Gasteiger partial charge in [-0.2, -0.15) is 5.01 Å². The molecule has 100 valence electrons. The van der Waals surface area contributed by atoms with Crippen molar-refractivity contribution in [2.24, 2.45) is 5.92 Å². The van der Waals surface area contributed by atoms with Crippen LogP contribution < -0.4 is 0 Å². The van der Waals surface area contributed by atoms with E-state index < -0.39 is 6.09 Å². The van der Waals surface area contributed by atoms with Gasteiger partial charge in [-0.3, -0.25) is 4.79 Å². The Morgan fingerprint density at radius 1 is 1.26 bits per heavy atom. The van der Waals surface area contributed by atoms with Crippen molar-refractivity contribution in [1.29, 1.82) is 0 Å². The predicted molar refractivity (Wildman–Crippen MR) is 67.9 cm³/mol. The second kappa shape index (κ2) is 4.66. The molecular weight excluding hydrogens is 244 g/mol. The summed E-state index contributed by atoms with van der Waals surface area (Å²) in [5.74, 6) is -0.155. The number of hydrogen-bond donors (Lipinski definition) is 0. The van der Waals surface area contributed by atoms with Crippen molar-refractivity contribution < 1.29 is 14.3 Å². The molecule has 1 saturated heterocycles. The van der Waals surface area contributed by atoms with Crippen molar-refractivity contribution in [1.82, 2.24) is 10.0 Å². The molecule has 5 nitrogen and oxygen atoms in total. The molecule has 3 rings (SSSR count). The Kier molecular flexibility index (Phi) is 2.98. The molecule has 0 radical (unpaired) electrons. The molecule has 0 aromatic heterocycles. The lowest BCUT2D eigenvalue weighted by Crippen LogP contribution is -2.55. The molecule has 0 bridgehead atoms. The third-order valence-electron chi connectivity index (χ3n) is 3.62. The molecule has 1 aliphatic heterocycles. The van der Waals surface area contributed by atoms with E-state index in [2.05, 4.69) is 0 Å². The number of rotatable bonds is 2. The van der Waals surface area contributed by atoms with Crippen molar-refractivity contribution in [3.63, 3.8) is 0 Å². The van der Waals surface area contributed by atoms with Gasteiger partial charge in [-0.05, 0) is 18.4 Å². The predicted octanol–water partition coefficient (Wildman–Crippen LogP) is 1.96. The summed E-state index contributed by atoms with van der Waals surface area (Å²) >= 11 is 0. The van der Waals surface area contributed by atoms with Gasteiger partial charge in [0.05, 0.1) is 6.04 Å². The highest BCUT2D eigenvalue weighted by Gasteiger charge is 2.43. The Hall–Kier alpha value is -1.88. The number of imide groups is 1. The van der Waals surface area contributed by atoms with Crippen LogP contribution in [-0.4, -0.2) is 35.7 Å². The van der Waals surface area contributed by atoms with Gasteiger partial charge in [-0.25, -0.2) is 9.80 Å². The maximum atomic E-state index is 12.1. The quantitative estimate of drug-likeness (QED) is 0.815. The van der Waals surface area contributed by atoms with E-state index in [1.165, 1.54) is 0 Å². The summed E-state index contributed by atoms with van der Waals surface area (Å²) in [6.07, 6.45) is 1.17. The van der Waals surface area contributed by atoms with Gasteiger partial charge < -0.3 is 4.74 Å². The van der Waals surface area contributed by atoms with Crippen molar-refractivity contribution >= 4 is 12.0 Å². The van der Waals surface area contributed by atoms with Gasteiger partial charge in [0.2, 0.25) is 5.91 Å². The Morgan fingerprint density at radius 3 is 2.58 bits per heavy atom. The lowest BCUT2D eigenvalue weighted by molar-refractivity contribution is -0.156. The number of likely N-dealkylation sites (N-methyl/N-ethyl adjacent to an activating group) is 1. The Balaban J connectivity index is 1.84. The minimum absolute atomic E-state index is 0.00970. The van der Waals surface area contributed by atoms with Gasteiger partial charge >= 0.3 is 6.09 Å². The fourth-order valence-electron chi connectivity index (χ4n) is 2.32. The van der Waals surface area contributed by atoms with Crippen LogP contribution in [0.15, 0.2) is 30.3 Å². The van der Waals surface area contributed by atoms with Crippen molar-refractivity contribution in [2.75, 3.05) is 13.7 Å². The molecule has 2 aliphatic rings. The van der Waals surface area contributed by atoms with Crippen molar-refractivity contribution in [3.05, 3.63) is 35.9 Å². The normalized spacial score (nSPS) is 24.2. The molecule has 1 aromatic rings. The van der Waals surface area contributed by atoms with Crippen LogP contribution >= 0.6 is 0 Å². The molecule has 2 amide bonds. The van der Waals surface area contributed by atoms with Gasteiger partial charge in [-0.1, -0.05) is 30.3 Å². The lowest BCUT2D eigenvalue weighted by atomic mass is 10.1. The third kappa shape index (κ3) is 2.21. The number of nitrogens with zero attached hydrogens (tertiary/aromatic N) is 2. The fourth-order valence-corrected chi connectivity index (χ4v) is 2.32. The molecule has 0 spiro atoms. The number of carbonyl (C=O) groups excluding carboxylic acids is 2. The topological polar surface area (TPSA) is 49.9 Å². The van der Waals surface area contributed by atoms with Crippen LogP contribution in [0.4, 0.5) is 4.79 Å². The average molecular weight is 260 g/mol. The molecule has 1 heterocycles. The molecule has 1 saturated carbocycles. The summed E-state index contributed by atoms with van der Waals surface area (Å²) in [7, 11) is 1.76. The summed E-state index contributed by atoms with van der Waals surface area (Å²) in [6.45, 7) is 0.272. The first-order chi connectivity index (χ1) is 9.18. The zero-order valence-corrected chi connectivity index (χ0v) is 10.8. The summed E-state index contributed by atoms with van der Waals surface area (Å²) in [4.78, 5) is 23.9. The number of amides is 2. The highest BCUT2D eigenvalue weighted by molar-refractivity contribution is 5.94. The highest BCUT2D eigenvalue weighted by atomic mass is 16.6. The molecule has 1 unspecified atom stereocenters. The van der Waals surface area contributed by atoms with Gasteiger partial charge in [-0.15, -0.1) is 0 Å². The fraction of sp³-hybridized carbons (Fsp3) is 0.429. The second-order valence-corrected chi connectivity index (χ2v) is 5.00. The number of benzene rings is 1. The molecule has 1 aromatic carbocycles. The van der Waals surface area contributed by atoms with E-state index in [9.17, 15) is 9.59 Å². The van der Waals surface area contributed by atoms with Gasteiger partial charge in [0.1, 0.15) is 6.61 Å². The zero-order chi connectivity index (χ0) is 13.4.